The zero-order chi connectivity index (χ0) is 9.68. The number of hydrogen-bond acceptors (Lipinski definition) is 1. The Morgan fingerprint density at radius 1 is 1.69 bits per heavy atom. The monoisotopic (exact) mass is 180 g/mol. The number of hydrogen-bond donors (Lipinski definition) is 0. The highest BCUT2D eigenvalue weighted by molar-refractivity contribution is 5.53. The highest BCUT2D eigenvalue weighted by Gasteiger charge is 2.16. The maximum absolute atomic E-state index is 10.5. The maximum atomic E-state index is 10.5. The van der Waals surface area contributed by atoms with Gasteiger partial charge in [0.1, 0.15) is 6.29 Å². The Hall–Kier alpha value is -0.590. The van der Waals surface area contributed by atoms with Gasteiger partial charge >= 0.3 is 0 Å². The molecule has 0 bridgehead atoms. The van der Waals surface area contributed by atoms with Crippen LogP contribution >= 0.6 is 0 Å². The third kappa shape index (κ3) is 3.33. The fourth-order valence-electron chi connectivity index (χ4n) is 2.10. The minimum absolute atomic E-state index is 0.214. The lowest BCUT2D eigenvalue weighted by atomic mass is 10.0. The Balaban J connectivity index is 2.35. The average molecular weight is 180 g/mol. The van der Waals surface area contributed by atoms with Crippen LogP contribution in [-0.2, 0) is 4.79 Å². The van der Waals surface area contributed by atoms with Gasteiger partial charge in [0, 0.05) is 5.92 Å². The van der Waals surface area contributed by atoms with Gasteiger partial charge in [-0.3, -0.25) is 0 Å². The molecule has 0 N–H and O–H groups in total. The SMILES string of the molecule is CCCC1C=C(CC(C)C=O)CC1. The van der Waals surface area contributed by atoms with Gasteiger partial charge in [-0.25, -0.2) is 0 Å². The molecule has 0 spiro atoms. The van der Waals surface area contributed by atoms with Gasteiger partial charge in [0.2, 0.25) is 0 Å². The predicted molar refractivity (Wildman–Crippen MR) is 55.6 cm³/mol. The molecule has 0 saturated carbocycles. The highest BCUT2D eigenvalue weighted by Crippen LogP contribution is 2.30. The first-order valence-corrected chi connectivity index (χ1v) is 5.41. The van der Waals surface area contributed by atoms with E-state index in [4.69, 9.17) is 0 Å². The van der Waals surface area contributed by atoms with E-state index in [1.807, 2.05) is 6.92 Å². The van der Waals surface area contributed by atoms with E-state index in [1.54, 1.807) is 0 Å². The second-order valence-corrected chi connectivity index (χ2v) is 4.23. The molecule has 0 aromatic rings. The smallest absolute Gasteiger partial charge is 0.123 e. The lowest BCUT2D eigenvalue weighted by molar-refractivity contribution is -0.110. The van der Waals surface area contributed by atoms with E-state index in [-0.39, 0.29) is 5.92 Å². The second-order valence-electron chi connectivity index (χ2n) is 4.23. The molecular weight excluding hydrogens is 160 g/mol. The standard InChI is InChI=1S/C12H20O/c1-3-4-11-5-6-12(8-11)7-10(2)9-13/h8-11H,3-7H2,1-2H3. The van der Waals surface area contributed by atoms with E-state index in [0.29, 0.717) is 0 Å². The molecule has 2 atom stereocenters. The van der Waals surface area contributed by atoms with Crippen LogP contribution in [-0.4, -0.2) is 6.29 Å². The molecule has 1 nitrogen and oxygen atoms in total. The number of carbonyl (C=O) groups excluding carboxylic acids is 1. The normalized spacial score (nSPS) is 24.2. The third-order valence-electron chi connectivity index (χ3n) is 2.78. The number of aldehydes is 1. The van der Waals surface area contributed by atoms with Gasteiger partial charge in [-0.15, -0.1) is 0 Å². The van der Waals surface area contributed by atoms with Crippen LogP contribution in [0.1, 0.15) is 46.0 Å². The second kappa shape index (κ2) is 5.21. The molecule has 0 radical (unpaired) electrons. The molecule has 2 unspecified atom stereocenters. The quantitative estimate of drug-likeness (QED) is 0.468. The van der Waals surface area contributed by atoms with Crippen molar-refractivity contribution in [2.24, 2.45) is 11.8 Å². The number of rotatable bonds is 5. The van der Waals surface area contributed by atoms with Gasteiger partial charge in [-0.05, 0) is 31.6 Å². The van der Waals surface area contributed by atoms with Crippen LogP contribution in [0.25, 0.3) is 0 Å². The van der Waals surface area contributed by atoms with Crippen LogP contribution < -0.4 is 0 Å². The van der Waals surface area contributed by atoms with Crippen molar-refractivity contribution in [2.45, 2.75) is 46.0 Å². The molecule has 0 saturated heterocycles. The van der Waals surface area contributed by atoms with Crippen LogP contribution in [0.4, 0.5) is 0 Å². The van der Waals surface area contributed by atoms with Gasteiger partial charge in [-0.2, -0.15) is 0 Å². The lowest BCUT2D eigenvalue weighted by Crippen LogP contribution is -1.96. The Bertz CT molecular complexity index is 193. The topological polar surface area (TPSA) is 17.1 Å². The van der Waals surface area contributed by atoms with Crippen molar-refractivity contribution >= 4 is 6.29 Å². The predicted octanol–water partition coefficient (Wildman–Crippen LogP) is 3.35. The molecule has 1 rings (SSSR count). The summed E-state index contributed by atoms with van der Waals surface area (Å²) in [5, 5.41) is 0. The van der Waals surface area contributed by atoms with Gasteiger partial charge in [0.05, 0.1) is 0 Å². The van der Waals surface area contributed by atoms with Crippen molar-refractivity contribution in [1.82, 2.24) is 0 Å². The first-order chi connectivity index (χ1) is 6.26. The van der Waals surface area contributed by atoms with Crippen molar-refractivity contribution in [2.75, 3.05) is 0 Å². The lowest BCUT2D eigenvalue weighted by Gasteiger charge is -2.02. The molecule has 1 aliphatic carbocycles. The van der Waals surface area contributed by atoms with Crippen molar-refractivity contribution < 1.29 is 4.79 Å². The molecule has 0 aromatic heterocycles. The molecule has 13 heavy (non-hydrogen) atoms. The minimum Gasteiger partial charge on any atom is -0.303 e. The Kier molecular flexibility index (Phi) is 4.20. The van der Waals surface area contributed by atoms with Crippen LogP contribution in [0.15, 0.2) is 11.6 Å². The first kappa shape index (κ1) is 10.5. The van der Waals surface area contributed by atoms with Crippen molar-refractivity contribution in [3.8, 4) is 0 Å². The van der Waals surface area contributed by atoms with Crippen LogP contribution in [0, 0.1) is 11.8 Å². The van der Waals surface area contributed by atoms with Gasteiger partial charge in [-0.1, -0.05) is 31.9 Å². The van der Waals surface area contributed by atoms with E-state index in [1.165, 1.54) is 31.3 Å². The van der Waals surface area contributed by atoms with Crippen LogP contribution in [0.5, 0.6) is 0 Å². The maximum Gasteiger partial charge on any atom is 0.123 e. The molecule has 0 aliphatic heterocycles. The van der Waals surface area contributed by atoms with E-state index < -0.39 is 0 Å². The Labute approximate surface area is 81.2 Å². The third-order valence-corrected chi connectivity index (χ3v) is 2.78. The highest BCUT2D eigenvalue weighted by atomic mass is 16.1. The molecule has 0 aromatic carbocycles. The van der Waals surface area contributed by atoms with Crippen LogP contribution in [0.3, 0.4) is 0 Å². The van der Waals surface area contributed by atoms with E-state index in [0.717, 1.165) is 18.6 Å². The summed E-state index contributed by atoms with van der Waals surface area (Å²) in [7, 11) is 0. The molecular formula is C12H20O. The molecule has 0 heterocycles. The Morgan fingerprint density at radius 3 is 3.08 bits per heavy atom. The number of allylic oxidation sites excluding steroid dienone is 2. The number of carbonyl (C=O) groups is 1. The van der Waals surface area contributed by atoms with E-state index in [9.17, 15) is 4.79 Å². The average Bonchev–Trinajstić information content (AvgIpc) is 2.53. The minimum atomic E-state index is 0.214. The summed E-state index contributed by atoms with van der Waals surface area (Å²) in [6.07, 6.45) is 9.59. The van der Waals surface area contributed by atoms with E-state index in [2.05, 4.69) is 13.0 Å². The molecule has 74 valence electrons. The molecule has 1 heteroatoms. The van der Waals surface area contributed by atoms with Crippen molar-refractivity contribution in [3.63, 3.8) is 0 Å². The summed E-state index contributed by atoms with van der Waals surface area (Å²) in [5.74, 6) is 1.02. The largest absolute Gasteiger partial charge is 0.303 e. The summed E-state index contributed by atoms with van der Waals surface area (Å²) in [4.78, 5) is 10.5. The van der Waals surface area contributed by atoms with E-state index >= 15 is 0 Å². The van der Waals surface area contributed by atoms with Crippen molar-refractivity contribution in [3.05, 3.63) is 11.6 Å². The summed E-state index contributed by atoms with van der Waals surface area (Å²) in [5.41, 5.74) is 1.51. The molecule has 0 fully saturated rings. The molecule has 1 aliphatic rings. The molecule has 0 amide bonds. The summed E-state index contributed by atoms with van der Waals surface area (Å²) in [6.45, 7) is 4.24. The zero-order valence-corrected chi connectivity index (χ0v) is 8.75. The fourth-order valence-corrected chi connectivity index (χ4v) is 2.10. The summed E-state index contributed by atoms with van der Waals surface area (Å²) in [6, 6.07) is 0. The van der Waals surface area contributed by atoms with Gasteiger partial charge in [0.25, 0.3) is 0 Å². The van der Waals surface area contributed by atoms with Crippen molar-refractivity contribution in [1.29, 1.82) is 0 Å². The Morgan fingerprint density at radius 2 is 2.46 bits per heavy atom. The fraction of sp³-hybridized carbons (Fsp3) is 0.750. The summed E-state index contributed by atoms with van der Waals surface area (Å²) >= 11 is 0. The van der Waals surface area contributed by atoms with Gasteiger partial charge < -0.3 is 4.79 Å². The van der Waals surface area contributed by atoms with Gasteiger partial charge in [0.15, 0.2) is 0 Å². The zero-order valence-electron chi connectivity index (χ0n) is 8.75. The van der Waals surface area contributed by atoms with Crippen LogP contribution in [0.2, 0.25) is 0 Å². The summed E-state index contributed by atoms with van der Waals surface area (Å²) < 4.78 is 0. The first-order valence-electron chi connectivity index (χ1n) is 5.41.